The molecule has 1 saturated carbocycles. The summed E-state index contributed by atoms with van der Waals surface area (Å²) < 4.78 is 5.19. The number of hydrazone groups is 1. The minimum Gasteiger partial charge on any atom is -0.457 e. The maximum atomic E-state index is 11.7. The first kappa shape index (κ1) is 28.6. The molecule has 2 atom stereocenters. The number of amides is 2. The van der Waals surface area contributed by atoms with E-state index in [2.05, 4.69) is 39.4 Å². The lowest BCUT2D eigenvalue weighted by molar-refractivity contribution is -0.139. The van der Waals surface area contributed by atoms with Gasteiger partial charge in [-0.2, -0.15) is 5.10 Å². The predicted molar refractivity (Wildman–Crippen MR) is 144 cm³/mol. The van der Waals surface area contributed by atoms with Crippen LogP contribution in [0.25, 0.3) is 0 Å². The number of esters is 1. The number of nitrogens with one attached hydrogen (secondary N) is 3. The number of carbonyl (C=O) groups excluding carboxylic acids is 3. The van der Waals surface area contributed by atoms with E-state index in [9.17, 15) is 14.4 Å². The average Bonchev–Trinajstić information content (AvgIpc) is 3.67. The van der Waals surface area contributed by atoms with Crippen LogP contribution < -0.4 is 16.1 Å². The topological polar surface area (TPSA) is 121 Å². The highest BCUT2D eigenvalue weighted by Crippen LogP contribution is 2.29. The van der Waals surface area contributed by atoms with Crippen LogP contribution in [0.3, 0.4) is 0 Å². The maximum absolute atomic E-state index is 11.7. The van der Waals surface area contributed by atoms with E-state index >= 15 is 0 Å². The molecule has 2 amide bonds. The van der Waals surface area contributed by atoms with Crippen LogP contribution in [-0.2, 0) is 25.7 Å². The number of aliphatic imine (C=N–C) groups is 1. The van der Waals surface area contributed by atoms with Gasteiger partial charge in [0, 0.05) is 12.8 Å². The van der Waals surface area contributed by atoms with E-state index < -0.39 is 0 Å². The molecule has 0 aromatic heterocycles. The second kappa shape index (κ2) is 15.4. The average molecular weight is 512 g/mol. The van der Waals surface area contributed by atoms with Crippen molar-refractivity contribution in [3.05, 3.63) is 72.4 Å². The number of allylic oxidation sites excluding steroid dienone is 3. The van der Waals surface area contributed by atoms with Gasteiger partial charge in [0.25, 0.3) is 0 Å². The fourth-order valence-corrected chi connectivity index (χ4v) is 3.96. The molecule has 1 fully saturated rings. The molecule has 0 radical (unpaired) electrons. The number of nitrogens with zero attached hydrogens (tertiary/aromatic N) is 2. The SMILES string of the molecule is C=C/C=C\C(=C/C)C(=O)OCc1ccccc1.C=NC1NN=C(NC(C)=O)C1SCNC(=O)C1CC1. The van der Waals surface area contributed by atoms with Gasteiger partial charge in [-0.3, -0.25) is 20.0 Å². The van der Waals surface area contributed by atoms with Gasteiger partial charge in [-0.25, -0.2) is 4.79 Å². The van der Waals surface area contributed by atoms with E-state index in [0.717, 1.165) is 18.4 Å². The second-order valence-electron chi connectivity index (χ2n) is 7.88. The third kappa shape index (κ3) is 9.91. The molecule has 2 unspecified atom stereocenters. The van der Waals surface area contributed by atoms with Crippen LogP contribution in [0.2, 0.25) is 0 Å². The molecular formula is C26H33N5O4S. The normalized spacial score (nSPS) is 18.7. The molecule has 1 aromatic carbocycles. The van der Waals surface area contributed by atoms with Crippen LogP contribution in [0.15, 0.2) is 76.9 Å². The quantitative estimate of drug-likeness (QED) is 0.146. The number of thioether (sulfide) groups is 1. The van der Waals surface area contributed by atoms with Gasteiger partial charge >= 0.3 is 5.97 Å². The van der Waals surface area contributed by atoms with Crippen LogP contribution >= 0.6 is 11.8 Å². The smallest absolute Gasteiger partial charge is 0.338 e. The number of rotatable bonds is 10. The summed E-state index contributed by atoms with van der Waals surface area (Å²) >= 11 is 1.47. The zero-order valence-corrected chi connectivity index (χ0v) is 21.4. The van der Waals surface area contributed by atoms with Crippen LogP contribution in [0.4, 0.5) is 0 Å². The standard InChI is InChI=1S/C15H16O2.C11H17N5O2S/c1-3-5-11-14(4-2)15(16)17-12-13-9-7-6-8-10-13;1-6(17)14-10-8(9(12-2)15-16-10)19-5-13-11(18)7-3-4-7/h3-11H,1,12H2,2H3;7-9,15H,2-5H2,1H3,(H,13,18)(H,14,16,17)/b11-5-,14-4+;. The van der Waals surface area contributed by atoms with Crippen molar-refractivity contribution in [1.82, 2.24) is 16.1 Å². The van der Waals surface area contributed by atoms with Gasteiger partial charge in [-0.05, 0) is 38.1 Å². The molecule has 1 aliphatic heterocycles. The molecule has 10 heteroatoms. The van der Waals surface area contributed by atoms with Gasteiger partial charge in [-0.15, -0.1) is 11.8 Å². The van der Waals surface area contributed by atoms with Gasteiger partial charge in [0.1, 0.15) is 17.7 Å². The molecule has 1 aromatic rings. The summed E-state index contributed by atoms with van der Waals surface area (Å²) in [6, 6.07) is 9.59. The molecule has 0 spiro atoms. The lowest BCUT2D eigenvalue weighted by atomic mass is 10.2. The minimum absolute atomic E-state index is 0.0968. The first-order chi connectivity index (χ1) is 17.4. The largest absolute Gasteiger partial charge is 0.457 e. The fraction of sp³-hybridized carbons (Fsp3) is 0.346. The highest BCUT2D eigenvalue weighted by Gasteiger charge is 2.33. The van der Waals surface area contributed by atoms with E-state index in [4.69, 9.17) is 4.74 Å². The van der Waals surface area contributed by atoms with Crippen LogP contribution in [0, 0.1) is 5.92 Å². The van der Waals surface area contributed by atoms with E-state index in [-0.39, 0.29) is 35.1 Å². The van der Waals surface area contributed by atoms with Crippen molar-refractivity contribution >= 4 is 42.1 Å². The summed E-state index contributed by atoms with van der Waals surface area (Å²) in [5, 5.41) is 9.38. The Balaban J connectivity index is 0.000000255. The van der Waals surface area contributed by atoms with Crippen molar-refractivity contribution in [3.63, 3.8) is 0 Å². The monoisotopic (exact) mass is 511 g/mol. The molecule has 192 valence electrons. The Bertz CT molecular complexity index is 1020. The van der Waals surface area contributed by atoms with Crippen molar-refractivity contribution in [2.45, 2.75) is 44.7 Å². The highest BCUT2D eigenvalue weighted by molar-refractivity contribution is 8.00. The molecule has 3 N–H and O–H groups in total. The second-order valence-corrected chi connectivity index (χ2v) is 9.01. The Labute approximate surface area is 216 Å². The Morgan fingerprint density at radius 2 is 2.00 bits per heavy atom. The van der Waals surface area contributed by atoms with Crippen molar-refractivity contribution in [3.8, 4) is 0 Å². The zero-order chi connectivity index (χ0) is 26.3. The van der Waals surface area contributed by atoms with E-state index in [0.29, 0.717) is 23.9 Å². The lowest BCUT2D eigenvalue weighted by Crippen LogP contribution is -2.40. The first-order valence-corrected chi connectivity index (χ1v) is 12.6. The van der Waals surface area contributed by atoms with Crippen molar-refractivity contribution in [2.75, 3.05) is 5.88 Å². The van der Waals surface area contributed by atoms with Crippen LogP contribution in [-0.4, -0.2) is 47.6 Å². The summed E-state index contributed by atoms with van der Waals surface area (Å²) in [4.78, 5) is 38.2. The number of hydrogen-bond acceptors (Lipinski definition) is 8. The van der Waals surface area contributed by atoms with E-state index in [1.165, 1.54) is 18.7 Å². The predicted octanol–water partition coefficient (Wildman–Crippen LogP) is 3.07. The van der Waals surface area contributed by atoms with Crippen molar-refractivity contribution in [1.29, 1.82) is 0 Å². The molecule has 1 heterocycles. The Morgan fingerprint density at radius 1 is 1.28 bits per heavy atom. The Hall–Kier alpha value is -3.66. The molecular weight excluding hydrogens is 478 g/mol. The van der Waals surface area contributed by atoms with Gasteiger partial charge in [-0.1, -0.05) is 55.1 Å². The molecule has 0 bridgehead atoms. The number of carbonyl (C=O) groups is 3. The van der Waals surface area contributed by atoms with Gasteiger partial charge in [0.05, 0.1) is 11.4 Å². The first-order valence-electron chi connectivity index (χ1n) is 11.5. The van der Waals surface area contributed by atoms with Crippen LogP contribution in [0.5, 0.6) is 0 Å². The van der Waals surface area contributed by atoms with E-state index in [1.807, 2.05) is 30.3 Å². The van der Waals surface area contributed by atoms with Crippen molar-refractivity contribution in [2.24, 2.45) is 16.0 Å². The lowest BCUT2D eigenvalue weighted by Gasteiger charge is -2.16. The maximum Gasteiger partial charge on any atom is 0.338 e. The number of hydrogen-bond donors (Lipinski definition) is 3. The third-order valence-electron chi connectivity index (χ3n) is 5.00. The third-order valence-corrected chi connectivity index (χ3v) is 6.15. The summed E-state index contributed by atoms with van der Waals surface area (Å²) in [6.45, 7) is 10.6. The molecule has 0 saturated heterocycles. The van der Waals surface area contributed by atoms with Gasteiger partial charge < -0.3 is 15.4 Å². The summed E-state index contributed by atoms with van der Waals surface area (Å²) in [5.74, 6) is 0.772. The zero-order valence-electron chi connectivity index (χ0n) is 20.6. The number of benzene rings is 1. The van der Waals surface area contributed by atoms with Gasteiger partial charge in [0.15, 0.2) is 6.17 Å². The fourth-order valence-electron chi connectivity index (χ4n) is 2.96. The molecule has 36 heavy (non-hydrogen) atoms. The molecule has 2 aliphatic rings. The molecule has 3 rings (SSSR count). The molecule has 1 aliphatic carbocycles. The van der Waals surface area contributed by atoms with Gasteiger partial charge in [0.2, 0.25) is 11.8 Å². The van der Waals surface area contributed by atoms with Crippen LogP contribution in [0.1, 0.15) is 32.3 Å². The Morgan fingerprint density at radius 3 is 2.58 bits per heavy atom. The van der Waals surface area contributed by atoms with Crippen molar-refractivity contribution < 1.29 is 19.1 Å². The summed E-state index contributed by atoms with van der Waals surface area (Å²) in [5.41, 5.74) is 4.30. The minimum atomic E-state index is -0.325. The molecule has 9 nitrogen and oxygen atoms in total. The number of amidine groups is 1. The number of ether oxygens (including phenoxy) is 1. The van der Waals surface area contributed by atoms with E-state index in [1.54, 1.807) is 31.2 Å². The summed E-state index contributed by atoms with van der Waals surface area (Å²) in [6.07, 6.45) is 8.40. The highest BCUT2D eigenvalue weighted by atomic mass is 32.2. The Kier molecular flexibility index (Phi) is 12.2. The summed E-state index contributed by atoms with van der Waals surface area (Å²) in [7, 11) is 0.